The van der Waals surface area contributed by atoms with Crippen molar-refractivity contribution in [3.63, 3.8) is 0 Å². The number of halogens is 2. The highest BCUT2D eigenvalue weighted by molar-refractivity contribution is 7.91. The van der Waals surface area contributed by atoms with Crippen LogP contribution < -0.4 is 5.43 Å². The van der Waals surface area contributed by atoms with Crippen LogP contribution in [0.4, 0.5) is 8.78 Å². The molecule has 0 aliphatic carbocycles. The van der Waals surface area contributed by atoms with E-state index in [2.05, 4.69) is 0 Å². The van der Waals surface area contributed by atoms with E-state index in [1.165, 1.54) is 19.1 Å². The van der Waals surface area contributed by atoms with Gasteiger partial charge in [0.15, 0.2) is 16.3 Å². The van der Waals surface area contributed by atoms with Crippen molar-refractivity contribution in [3.8, 4) is 0 Å². The molecule has 0 saturated carbocycles. The summed E-state index contributed by atoms with van der Waals surface area (Å²) in [5, 5.41) is -0.455. The molecule has 0 unspecified atom stereocenters. The van der Waals surface area contributed by atoms with Crippen LogP contribution >= 0.6 is 0 Å². The third-order valence-corrected chi connectivity index (χ3v) is 5.54. The maximum absolute atomic E-state index is 13.8. The summed E-state index contributed by atoms with van der Waals surface area (Å²) in [6.45, 7) is 3.04. The van der Waals surface area contributed by atoms with Gasteiger partial charge in [-0.05, 0) is 32.0 Å². The number of hydrogen-bond acceptors (Lipinski definition) is 4. The van der Waals surface area contributed by atoms with E-state index < -0.39 is 42.8 Å². The first-order valence-electron chi connectivity index (χ1n) is 6.96. The van der Waals surface area contributed by atoms with Crippen molar-refractivity contribution >= 4 is 20.8 Å². The molecule has 3 aromatic rings. The average molecular weight is 350 g/mol. The molecule has 0 amide bonds. The van der Waals surface area contributed by atoms with Gasteiger partial charge in [0.05, 0.1) is 10.3 Å². The monoisotopic (exact) mass is 350 g/mol. The van der Waals surface area contributed by atoms with Gasteiger partial charge in [-0.15, -0.1) is 0 Å². The van der Waals surface area contributed by atoms with Crippen molar-refractivity contribution in [1.29, 1.82) is 0 Å². The summed E-state index contributed by atoms with van der Waals surface area (Å²) in [5.74, 6) is -2.31. The second-order valence-corrected chi connectivity index (χ2v) is 7.28. The van der Waals surface area contributed by atoms with Gasteiger partial charge in [0, 0.05) is 6.07 Å². The SMILES string of the molecule is Cc1ccc(S(=O)(=O)c2c(C)oc3c(F)cc(F)cc3c2=O)cc1. The summed E-state index contributed by atoms with van der Waals surface area (Å²) >= 11 is 0. The Morgan fingerprint density at radius 2 is 1.62 bits per heavy atom. The van der Waals surface area contributed by atoms with Crippen LogP contribution in [0.5, 0.6) is 0 Å². The zero-order valence-corrected chi connectivity index (χ0v) is 13.6. The van der Waals surface area contributed by atoms with Gasteiger partial charge in [-0.25, -0.2) is 17.2 Å². The Hall–Kier alpha value is -2.54. The fraction of sp³-hybridized carbons (Fsp3) is 0.118. The lowest BCUT2D eigenvalue weighted by molar-refractivity contribution is 0.502. The predicted molar refractivity (Wildman–Crippen MR) is 83.8 cm³/mol. The lowest BCUT2D eigenvalue weighted by atomic mass is 10.2. The van der Waals surface area contributed by atoms with Crippen LogP contribution in [0.1, 0.15) is 11.3 Å². The molecule has 124 valence electrons. The van der Waals surface area contributed by atoms with Crippen LogP contribution in [-0.2, 0) is 9.84 Å². The highest BCUT2D eigenvalue weighted by atomic mass is 32.2. The number of hydrogen-bond donors (Lipinski definition) is 0. The fourth-order valence-corrected chi connectivity index (χ4v) is 3.97. The van der Waals surface area contributed by atoms with Gasteiger partial charge < -0.3 is 4.42 Å². The zero-order chi connectivity index (χ0) is 17.6. The lowest BCUT2D eigenvalue weighted by Crippen LogP contribution is -2.18. The van der Waals surface area contributed by atoms with Gasteiger partial charge in [0.25, 0.3) is 0 Å². The maximum Gasteiger partial charge on any atom is 0.213 e. The molecule has 0 aliphatic rings. The molecule has 0 saturated heterocycles. The van der Waals surface area contributed by atoms with E-state index >= 15 is 0 Å². The summed E-state index contributed by atoms with van der Waals surface area (Å²) in [4.78, 5) is 11.8. The van der Waals surface area contributed by atoms with Crippen molar-refractivity contribution < 1.29 is 21.6 Å². The van der Waals surface area contributed by atoms with Crippen LogP contribution in [0, 0.1) is 25.5 Å². The molecule has 0 radical (unpaired) electrons. The minimum atomic E-state index is -4.19. The molecule has 3 rings (SSSR count). The second-order valence-electron chi connectivity index (χ2n) is 5.40. The zero-order valence-electron chi connectivity index (χ0n) is 12.8. The van der Waals surface area contributed by atoms with E-state index in [0.717, 1.165) is 11.6 Å². The Balaban J connectivity index is 2.38. The van der Waals surface area contributed by atoms with E-state index in [-0.39, 0.29) is 10.7 Å². The smallest absolute Gasteiger partial charge is 0.213 e. The quantitative estimate of drug-likeness (QED) is 0.709. The predicted octanol–water partition coefficient (Wildman–Crippen LogP) is 3.52. The Labute approximate surface area is 136 Å². The van der Waals surface area contributed by atoms with Gasteiger partial charge >= 0.3 is 0 Å². The van der Waals surface area contributed by atoms with Crippen molar-refractivity contribution in [2.45, 2.75) is 23.6 Å². The first-order chi connectivity index (χ1) is 11.2. The van der Waals surface area contributed by atoms with Crippen molar-refractivity contribution in [2.24, 2.45) is 0 Å². The molecular weight excluding hydrogens is 338 g/mol. The first-order valence-corrected chi connectivity index (χ1v) is 8.44. The Morgan fingerprint density at radius 3 is 2.25 bits per heavy atom. The van der Waals surface area contributed by atoms with E-state index in [1.54, 1.807) is 19.1 Å². The minimum absolute atomic E-state index is 0.0975. The summed E-state index contributed by atoms with van der Waals surface area (Å²) in [7, 11) is -4.19. The molecule has 4 nitrogen and oxygen atoms in total. The summed E-state index contributed by atoms with van der Waals surface area (Å²) in [6.07, 6.45) is 0. The van der Waals surface area contributed by atoms with Gasteiger partial charge in [0.1, 0.15) is 11.6 Å². The standard InChI is InChI=1S/C17H12F2O4S/c1-9-3-5-12(6-4-9)24(21,22)17-10(2)23-16-13(15(17)20)7-11(18)8-14(16)19/h3-8H,1-2H3. The lowest BCUT2D eigenvalue weighted by Gasteiger charge is -2.09. The van der Waals surface area contributed by atoms with Crippen LogP contribution in [0.15, 0.2) is 55.4 Å². The third kappa shape index (κ3) is 2.50. The van der Waals surface area contributed by atoms with E-state index in [4.69, 9.17) is 4.42 Å². The molecule has 7 heteroatoms. The van der Waals surface area contributed by atoms with E-state index in [9.17, 15) is 22.0 Å². The Kier molecular flexibility index (Phi) is 3.76. The van der Waals surface area contributed by atoms with E-state index in [1.807, 2.05) is 0 Å². The number of sulfone groups is 1. The highest BCUT2D eigenvalue weighted by Gasteiger charge is 2.27. The molecule has 0 aliphatic heterocycles. The molecule has 1 aromatic heterocycles. The van der Waals surface area contributed by atoms with Crippen LogP contribution in [0.25, 0.3) is 11.0 Å². The molecular formula is C17H12F2O4S. The number of benzene rings is 2. The van der Waals surface area contributed by atoms with Gasteiger partial charge in [0.2, 0.25) is 15.3 Å². The van der Waals surface area contributed by atoms with Crippen LogP contribution in [0.2, 0.25) is 0 Å². The minimum Gasteiger partial charge on any atom is -0.457 e. The summed E-state index contributed by atoms with van der Waals surface area (Å²) in [6, 6.07) is 7.23. The largest absolute Gasteiger partial charge is 0.457 e. The first kappa shape index (κ1) is 16.3. The van der Waals surface area contributed by atoms with Crippen LogP contribution in [0.3, 0.4) is 0 Å². The molecule has 0 fully saturated rings. The average Bonchev–Trinajstić information content (AvgIpc) is 2.49. The Morgan fingerprint density at radius 1 is 1.00 bits per heavy atom. The molecule has 0 bridgehead atoms. The molecule has 24 heavy (non-hydrogen) atoms. The molecule has 0 spiro atoms. The van der Waals surface area contributed by atoms with E-state index in [0.29, 0.717) is 6.07 Å². The summed E-state index contributed by atoms with van der Waals surface area (Å²) < 4.78 is 57.9. The van der Waals surface area contributed by atoms with Gasteiger partial charge in [-0.2, -0.15) is 0 Å². The molecule has 1 heterocycles. The molecule has 0 atom stereocenters. The van der Waals surface area contributed by atoms with Crippen molar-refractivity contribution in [2.75, 3.05) is 0 Å². The highest BCUT2D eigenvalue weighted by Crippen LogP contribution is 2.26. The van der Waals surface area contributed by atoms with Gasteiger partial charge in [-0.3, -0.25) is 4.79 Å². The Bertz CT molecular complexity index is 1110. The number of rotatable bonds is 2. The van der Waals surface area contributed by atoms with Crippen molar-refractivity contribution in [1.82, 2.24) is 0 Å². The summed E-state index contributed by atoms with van der Waals surface area (Å²) in [5.41, 5.74) is -0.616. The van der Waals surface area contributed by atoms with Crippen LogP contribution in [-0.4, -0.2) is 8.42 Å². The normalized spacial score (nSPS) is 11.8. The number of aryl methyl sites for hydroxylation is 2. The fourth-order valence-electron chi connectivity index (χ4n) is 2.46. The molecule has 0 N–H and O–H groups in total. The number of fused-ring (bicyclic) bond motifs is 1. The third-order valence-electron chi connectivity index (χ3n) is 3.63. The second kappa shape index (κ2) is 5.52. The maximum atomic E-state index is 13.8. The topological polar surface area (TPSA) is 64.3 Å². The van der Waals surface area contributed by atoms with Gasteiger partial charge in [-0.1, -0.05) is 17.7 Å². The molecule has 2 aromatic carbocycles. The van der Waals surface area contributed by atoms with Crippen molar-refractivity contribution in [3.05, 3.63) is 69.6 Å².